The van der Waals surface area contributed by atoms with Crippen LogP contribution in [0.5, 0.6) is 11.5 Å². The zero-order valence-electron chi connectivity index (χ0n) is 16.2. The summed E-state index contributed by atoms with van der Waals surface area (Å²) in [5, 5.41) is 1.27. The number of hydrogen-bond acceptors (Lipinski definition) is 6. The minimum absolute atomic E-state index is 0.00491. The molecule has 8 heteroatoms. The third kappa shape index (κ3) is 4.17. The van der Waals surface area contributed by atoms with Gasteiger partial charge in [0.25, 0.3) is 5.91 Å². The van der Waals surface area contributed by atoms with Crippen molar-refractivity contribution in [1.82, 2.24) is 4.98 Å². The largest absolute Gasteiger partial charge is 0.493 e. The molecule has 1 aliphatic heterocycles. The van der Waals surface area contributed by atoms with Gasteiger partial charge < -0.3 is 14.2 Å². The molecule has 3 aromatic rings. The standard InChI is InChI=1S/C21H21ClN2O4S/c1-26-17-8-5-13(10-18(17)27-2)20(25)24(12-15-4-3-9-28-15)21-23-16-7-6-14(22)11-19(16)29-21/h5-8,10-11,15H,3-4,9,12H2,1-2H3. The number of carbonyl (C=O) groups is 1. The monoisotopic (exact) mass is 432 g/mol. The number of ether oxygens (including phenoxy) is 3. The number of methoxy groups -OCH3 is 2. The van der Waals surface area contributed by atoms with E-state index in [0.717, 1.165) is 29.7 Å². The first-order chi connectivity index (χ1) is 14.1. The number of anilines is 1. The van der Waals surface area contributed by atoms with Crippen molar-refractivity contribution in [2.75, 3.05) is 32.3 Å². The summed E-state index contributed by atoms with van der Waals surface area (Å²) in [4.78, 5) is 19.8. The van der Waals surface area contributed by atoms with Gasteiger partial charge in [-0.1, -0.05) is 22.9 Å². The topological polar surface area (TPSA) is 60.9 Å². The highest BCUT2D eigenvalue weighted by Crippen LogP contribution is 2.34. The first-order valence-corrected chi connectivity index (χ1v) is 10.5. The van der Waals surface area contributed by atoms with Crippen LogP contribution < -0.4 is 14.4 Å². The van der Waals surface area contributed by atoms with Crippen LogP contribution in [0.15, 0.2) is 36.4 Å². The number of amides is 1. The molecule has 0 bridgehead atoms. The van der Waals surface area contributed by atoms with Gasteiger partial charge in [0.2, 0.25) is 0 Å². The zero-order valence-corrected chi connectivity index (χ0v) is 17.8. The predicted octanol–water partition coefficient (Wildman–Crippen LogP) is 4.79. The van der Waals surface area contributed by atoms with Crippen molar-refractivity contribution >= 4 is 44.2 Å². The summed E-state index contributed by atoms with van der Waals surface area (Å²) in [5.41, 5.74) is 1.31. The van der Waals surface area contributed by atoms with Gasteiger partial charge in [-0.3, -0.25) is 9.69 Å². The van der Waals surface area contributed by atoms with E-state index in [4.69, 9.17) is 25.8 Å². The molecule has 1 aliphatic rings. The highest BCUT2D eigenvalue weighted by atomic mass is 35.5. The van der Waals surface area contributed by atoms with Crippen LogP contribution in [0.3, 0.4) is 0 Å². The zero-order chi connectivity index (χ0) is 20.4. The molecule has 0 N–H and O–H groups in total. The van der Waals surface area contributed by atoms with Crippen molar-refractivity contribution in [2.24, 2.45) is 0 Å². The van der Waals surface area contributed by atoms with Crippen LogP contribution in [0.2, 0.25) is 5.02 Å². The molecule has 1 saturated heterocycles. The number of thiazole rings is 1. The molecule has 6 nitrogen and oxygen atoms in total. The van der Waals surface area contributed by atoms with Crippen molar-refractivity contribution < 1.29 is 19.0 Å². The van der Waals surface area contributed by atoms with E-state index in [2.05, 4.69) is 4.98 Å². The molecule has 29 heavy (non-hydrogen) atoms. The Morgan fingerprint density at radius 2 is 2.07 bits per heavy atom. The Hall–Kier alpha value is -2.35. The number of hydrogen-bond donors (Lipinski definition) is 0. The summed E-state index contributed by atoms with van der Waals surface area (Å²) in [6.45, 7) is 1.17. The van der Waals surface area contributed by atoms with Gasteiger partial charge in [-0.15, -0.1) is 0 Å². The van der Waals surface area contributed by atoms with Crippen molar-refractivity contribution in [3.05, 3.63) is 47.0 Å². The highest BCUT2D eigenvalue weighted by molar-refractivity contribution is 7.22. The summed E-state index contributed by atoms with van der Waals surface area (Å²) >= 11 is 7.56. The molecular weight excluding hydrogens is 412 g/mol. The van der Waals surface area contributed by atoms with Gasteiger partial charge >= 0.3 is 0 Å². The number of carbonyl (C=O) groups excluding carboxylic acids is 1. The summed E-state index contributed by atoms with van der Waals surface area (Å²) in [7, 11) is 3.11. The second-order valence-corrected chi connectivity index (χ2v) is 8.17. The Morgan fingerprint density at radius 1 is 1.24 bits per heavy atom. The quantitative estimate of drug-likeness (QED) is 0.560. The van der Waals surface area contributed by atoms with Gasteiger partial charge in [0.05, 0.1) is 37.1 Å². The number of benzene rings is 2. The van der Waals surface area contributed by atoms with Gasteiger partial charge in [0.15, 0.2) is 16.6 Å². The van der Waals surface area contributed by atoms with Crippen LogP contribution in [0.4, 0.5) is 5.13 Å². The lowest BCUT2D eigenvalue weighted by molar-refractivity contribution is 0.0917. The minimum atomic E-state index is -0.161. The molecule has 0 aliphatic carbocycles. The van der Waals surface area contributed by atoms with Crippen LogP contribution in [-0.2, 0) is 4.74 Å². The molecule has 1 fully saturated rings. The lowest BCUT2D eigenvalue weighted by Gasteiger charge is -2.23. The molecule has 0 spiro atoms. The van der Waals surface area contributed by atoms with Gasteiger partial charge in [0.1, 0.15) is 0 Å². The first kappa shape index (κ1) is 19.9. The number of fused-ring (bicyclic) bond motifs is 1. The van der Waals surface area contributed by atoms with Crippen LogP contribution >= 0.6 is 22.9 Å². The average Bonchev–Trinajstić information content (AvgIpc) is 3.40. The predicted molar refractivity (Wildman–Crippen MR) is 115 cm³/mol. The maximum atomic E-state index is 13.5. The van der Waals surface area contributed by atoms with E-state index in [1.165, 1.54) is 11.3 Å². The molecule has 2 aromatic carbocycles. The molecule has 2 heterocycles. The normalized spacial score (nSPS) is 16.2. The van der Waals surface area contributed by atoms with E-state index < -0.39 is 0 Å². The van der Waals surface area contributed by atoms with Gasteiger partial charge in [-0.25, -0.2) is 4.98 Å². The van der Waals surface area contributed by atoms with Gasteiger partial charge in [0, 0.05) is 17.2 Å². The fourth-order valence-electron chi connectivity index (χ4n) is 3.37. The highest BCUT2D eigenvalue weighted by Gasteiger charge is 2.27. The van der Waals surface area contributed by atoms with Crippen molar-refractivity contribution in [1.29, 1.82) is 0 Å². The van der Waals surface area contributed by atoms with Crippen LogP contribution in [0.25, 0.3) is 10.2 Å². The van der Waals surface area contributed by atoms with E-state index >= 15 is 0 Å². The molecule has 152 valence electrons. The van der Waals surface area contributed by atoms with Crippen LogP contribution in [-0.4, -0.2) is 44.4 Å². The lowest BCUT2D eigenvalue weighted by atomic mass is 10.1. The SMILES string of the molecule is COc1ccc(C(=O)N(CC2CCCO2)c2nc3ccc(Cl)cc3s2)cc1OC. The average molecular weight is 433 g/mol. The molecule has 1 aromatic heterocycles. The summed E-state index contributed by atoms with van der Waals surface area (Å²) in [6, 6.07) is 10.7. The Bertz CT molecular complexity index is 1030. The lowest BCUT2D eigenvalue weighted by Crippen LogP contribution is -2.37. The molecule has 1 unspecified atom stereocenters. The maximum absolute atomic E-state index is 13.5. The summed E-state index contributed by atoms with van der Waals surface area (Å²) < 4.78 is 17.4. The van der Waals surface area contributed by atoms with E-state index in [1.54, 1.807) is 43.4 Å². The minimum Gasteiger partial charge on any atom is -0.493 e. The van der Waals surface area contributed by atoms with E-state index in [-0.39, 0.29) is 12.0 Å². The summed E-state index contributed by atoms with van der Waals surface area (Å²) in [5.74, 6) is 0.919. The fourth-order valence-corrected chi connectivity index (χ4v) is 4.62. The third-order valence-electron chi connectivity index (χ3n) is 4.86. The molecule has 1 atom stereocenters. The molecule has 4 rings (SSSR count). The number of rotatable bonds is 6. The smallest absolute Gasteiger partial charge is 0.260 e. The number of aromatic nitrogens is 1. The van der Waals surface area contributed by atoms with E-state index in [1.807, 2.05) is 12.1 Å². The summed E-state index contributed by atoms with van der Waals surface area (Å²) in [6.07, 6.45) is 1.92. The number of halogens is 1. The Labute approximate surface area is 178 Å². The number of nitrogens with zero attached hydrogens (tertiary/aromatic N) is 2. The van der Waals surface area contributed by atoms with Crippen LogP contribution in [0, 0.1) is 0 Å². The molecule has 0 saturated carbocycles. The van der Waals surface area contributed by atoms with Gasteiger partial charge in [-0.2, -0.15) is 0 Å². The Balaban J connectivity index is 1.71. The van der Waals surface area contributed by atoms with Crippen molar-refractivity contribution in [2.45, 2.75) is 18.9 Å². The Morgan fingerprint density at radius 3 is 2.79 bits per heavy atom. The van der Waals surface area contributed by atoms with Crippen molar-refractivity contribution in [3.63, 3.8) is 0 Å². The van der Waals surface area contributed by atoms with Crippen LogP contribution in [0.1, 0.15) is 23.2 Å². The van der Waals surface area contributed by atoms with E-state index in [9.17, 15) is 4.79 Å². The molecule has 0 radical (unpaired) electrons. The molecule has 1 amide bonds. The molecular formula is C21H21ClN2O4S. The third-order valence-corrected chi connectivity index (χ3v) is 6.13. The Kier molecular flexibility index (Phi) is 5.89. The van der Waals surface area contributed by atoms with Crippen molar-refractivity contribution in [3.8, 4) is 11.5 Å². The maximum Gasteiger partial charge on any atom is 0.260 e. The van der Waals surface area contributed by atoms with E-state index in [0.29, 0.717) is 33.8 Å². The van der Waals surface area contributed by atoms with Gasteiger partial charge in [-0.05, 0) is 49.2 Å². The first-order valence-electron chi connectivity index (χ1n) is 9.30. The fraction of sp³-hybridized carbons (Fsp3) is 0.333. The second-order valence-electron chi connectivity index (χ2n) is 6.73. The second kappa shape index (κ2) is 8.57.